The van der Waals surface area contributed by atoms with Gasteiger partial charge in [-0.1, -0.05) is 17.7 Å². The minimum Gasteiger partial charge on any atom is -0.333 e. The molecule has 6 heteroatoms. The second-order valence-corrected chi connectivity index (χ2v) is 8.88. The summed E-state index contributed by atoms with van der Waals surface area (Å²) >= 11 is 0. The molecule has 2 aromatic rings. The first-order valence-electron chi connectivity index (χ1n) is 8.41. The zero-order valence-electron chi connectivity index (χ0n) is 14.5. The van der Waals surface area contributed by atoms with Gasteiger partial charge in [0.15, 0.2) is 9.84 Å². The summed E-state index contributed by atoms with van der Waals surface area (Å²) in [6.07, 6.45) is 3.99. The average Bonchev–Trinajstić information content (AvgIpc) is 2.86. The molecule has 1 aliphatic heterocycles. The molecule has 0 saturated heterocycles. The highest BCUT2D eigenvalue weighted by Gasteiger charge is 2.24. The monoisotopic (exact) mass is 347 g/mol. The third kappa shape index (κ3) is 3.87. The van der Waals surface area contributed by atoms with Crippen LogP contribution in [0.2, 0.25) is 0 Å². The topological polar surface area (TPSA) is 64.0 Å². The van der Waals surface area contributed by atoms with Crippen LogP contribution in [-0.2, 0) is 22.8 Å². The van der Waals surface area contributed by atoms with Gasteiger partial charge in [-0.25, -0.2) is 13.4 Å². The molecule has 0 fully saturated rings. The Morgan fingerprint density at radius 3 is 2.71 bits per heavy atom. The number of imidazole rings is 1. The van der Waals surface area contributed by atoms with Crippen molar-refractivity contribution in [1.82, 2.24) is 14.9 Å². The van der Waals surface area contributed by atoms with Gasteiger partial charge in [0, 0.05) is 31.2 Å². The minimum absolute atomic E-state index is 0.0903. The van der Waals surface area contributed by atoms with Gasteiger partial charge in [-0.3, -0.25) is 0 Å². The second kappa shape index (κ2) is 6.69. The number of nitrogens with one attached hydrogen (secondary N) is 1. The van der Waals surface area contributed by atoms with Gasteiger partial charge in [-0.05, 0) is 39.3 Å². The maximum absolute atomic E-state index is 12.5. The summed E-state index contributed by atoms with van der Waals surface area (Å²) in [5.41, 5.74) is 2.11. The summed E-state index contributed by atoms with van der Waals surface area (Å²) in [7, 11) is -3.27. The molecule has 1 N–H and O–H groups in total. The molecular formula is C18H25N3O2S. The summed E-state index contributed by atoms with van der Waals surface area (Å²) in [6.45, 7) is 6.76. The lowest BCUT2D eigenvalue weighted by molar-refractivity contribution is 0.357. The Morgan fingerprint density at radius 2 is 2.00 bits per heavy atom. The molecule has 130 valence electrons. The average molecular weight is 347 g/mol. The van der Waals surface area contributed by atoms with E-state index in [1.807, 2.05) is 32.9 Å². The van der Waals surface area contributed by atoms with Crippen molar-refractivity contribution in [3.05, 3.63) is 47.5 Å². The zero-order valence-corrected chi connectivity index (χ0v) is 15.3. The molecule has 1 aromatic heterocycles. The van der Waals surface area contributed by atoms with Crippen LogP contribution in [-0.4, -0.2) is 35.8 Å². The van der Waals surface area contributed by atoms with E-state index in [2.05, 4.69) is 21.1 Å². The maximum Gasteiger partial charge on any atom is 0.179 e. The molecule has 2 heterocycles. The van der Waals surface area contributed by atoms with Crippen molar-refractivity contribution in [2.24, 2.45) is 0 Å². The van der Waals surface area contributed by atoms with Crippen molar-refractivity contribution in [3.8, 4) is 0 Å². The first kappa shape index (κ1) is 17.2. The van der Waals surface area contributed by atoms with Crippen molar-refractivity contribution in [2.75, 3.05) is 5.75 Å². The largest absolute Gasteiger partial charge is 0.333 e. The molecule has 3 rings (SSSR count). The minimum atomic E-state index is -3.27. The molecule has 5 nitrogen and oxygen atoms in total. The molecule has 2 atom stereocenters. The van der Waals surface area contributed by atoms with Crippen molar-refractivity contribution in [1.29, 1.82) is 0 Å². The van der Waals surface area contributed by atoms with Crippen LogP contribution in [0.4, 0.5) is 0 Å². The summed E-state index contributed by atoms with van der Waals surface area (Å²) in [5.74, 6) is 1.24. The maximum atomic E-state index is 12.5. The molecule has 0 spiro atoms. The lowest BCUT2D eigenvalue weighted by atomic mass is 10.1. The number of sulfone groups is 1. The number of hydrogen-bond donors (Lipinski definition) is 1. The van der Waals surface area contributed by atoms with Gasteiger partial charge in [0.2, 0.25) is 0 Å². The molecule has 1 aromatic carbocycles. The first-order valence-corrected chi connectivity index (χ1v) is 10.1. The van der Waals surface area contributed by atoms with Crippen molar-refractivity contribution in [2.45, 2.75) is 57.1 Å². The Bertz CT molecular complexity index is 809. The highest BCUT2D eigenvalue weighted by Crippen LogP contribution is 2.17. The van der Waals surface area contributed by atoms with Gasteiger partial charge < -0.3 is 9.88 Å². The number of rotatable bonds is 5. The molecule has 0 amide bonds. The summed E-state index contributed by atoms with van der Waals surface area (Å²) in [4.78, 5) is 4.91. The van der Waals surface area contributed by atoms with E-state index in [4.69, 9.17) is 0 Å². The fourth-order valence-corrected chi connectivity index (χ4v) is 4.84. The fraction of sp³-hybridized carbons (Fsp3) is 0.500. The van der Waals surface area contributed by atoms with Gasteiger partial charge in [0.05, 0.1) is 16.3 Å². The van der Waals surface area contributed by atoms with Crippen LogP contribution in [0.15, 0.2) is 35.4 Å². The van der Waals surface area contributed by atoms with Crippen LogP contribution in [0.1, 0.15) is 30.4 Å². The van der Waals surface area contributed by atoms with Gasteiger partial charge in [0.25, 0.3) is 0 Å². The van der Waals surface area contributed by atoms with Crippen LogP contribution >= 0.6 is 0 Å². The van der Waals surface area contributed by atoms with Gasteiger partial charge in [-0.15, -0.1) is 0 Å². The second-order valence-electron chi connectivity index (χ2n) is 6.85. The Hall–Kier alpha value is -1.66. The van der Waals surface area contributed by atoms with Crippen molar-refractivity contribution >= 4 is 9.84 Å². The van der Waals surface area contributed by atoms with Crippen LogP contribution in [0, 0.1) is 13.8 Å². The Kier molecular flexibility index (Phi) is 4.78. The molecule has 0 bridgehead atoms. The van der Waals surface area contributed by atoms with Crippen LogP contribution in [0.3, 0.4) is 0 Å². The van der Waals surface area contributed by atoms with Gasteiger partial charge in [-0.2, -0.15) is 0 Å². The van der Waals surface area contributed by atoms with E-state index in [9.17, 15) is 8.42 Å². The van der Waals surface area contributed by atoms with E-state index < -0.39 is 9.84 Å². The molecule has 2 unspecified atom stereocenters. The molecule has 0 radical (unpaired) electrons. The molecule has 24 heavy (non-hydrogen) atoms. The van der Waals surface area contributed by atoms with Crippen LogP contribution in [0.25, 0.3) is 0 Å². The SMILES string of the molecule is Cc1ccc(S(=O)(=O)CC(C)NC2CCc3nc(C)cn3C2)cc1. The van der Waals surface area contributed by atoms with Crippen LogP contribution in [0.5, 0.6) is 0 Å². The highest BCUT2D eigenvalue weighted by atomic mass is 32.2. The molecular weight excluding hydrogens is 322 g/mol. The lowest BCUT2D eigenvalue weighted by Gasteiger charge is -2.27. The van der Waals surface area contributed by atoms with Crippen LogP contribution < -0.4 is 5.32 Å². The number of hydrogen-bond acceptors (Lipinski definition) is 4. The predicted octanol–water partition coefficient (Wildman–Crippen LogP) is 2.27. The number of nitrogens with zero attached hydrogens (tertiary/aromatic N) is 2. The number of aromatic nitrogens is 2. The third-order valence-corrected chi connectivity index (χ3v) is 6.41. The van der Waals surface area contributed by atoms with Crippen molar-refractivity contribution < 1.29 is 8.42 Å². The first-order chi connectivity index (χ1) is 11.3. The number of benzene rings is 1. The van der Waals surface area contributed by atoms with Crippen molar-refractivity contribution in [3.63, 3.8) is 0 Å². The highest BCUT2D eigenvalue weighted by molar-refractivity contribution is 7.91. The zero-order chi connectivity index (χ0) is 17.3. The van der Waals surface area contributed by atoms with E-state index in [-0.39, 0.29) is 17.8 Å². The van der Waals surface area contributed by atoms with E-state index in [0.717, 1.165) is 36.5 Å². The van der Waals surface area contributed by atoms with E-state index >= 15 is 0 Å². The van der Waals surface area contributed by atoms with Gasteiger partial charge >= 0.3 is 0 Å². The number of fused-ring (bicyclic) bond motifs is 1. The molecule has 0 saturated carbocycles. The third-order valence-electron chi connectivity index (χ3n) is 4.48. The normalized spacial score (nSPS) is 19.0. The molecule has 1 aliphatic rings. The summed E-state index contributed by atoms with van der Waals surface area (Å²) < 4.78 is 27.3. The lowest BCUT2D eigenvalue weighted by Crippen LogP contribution is -2.44. The quantitative estimate of drug-likeness (QED) is 0.901. The Morgan fingerprint density at radius 1 is 1.29 bits per heavy atom. The van der Waals surface area contributed by atoms with E-state index in [1.54, 1.807) is 12.1 Å². The van der Waals surface area contributed by atoms with Gasteiger partial charge in [0.1, 0.15) is 5.82 Å². The Balaban J connectivity index is 1.61. The standard InChI is InChI=1S/C18H25N3O2S/c1-13-4-7-17(8-5-13)24(22,23)12-15(3)19-16-6-9-18-20-14(2)10-21(18)11-16/h4-5,7-8,10,15-16,19H,6,9,11-12H2,1-3H3. The predicted molar refractivity (Wildman–Crippen MR) is 94.9 cm³/mol. The smallest absolute Gasteiger partial charge is 0.179 e. The van der Waals surface area contributed by atoms with E-state index in [1.165, 1.54) is 0 Å². The summed E-state index contributed by atoms with van der Waals surface area (Å²) in [5, 5.41) is 3.48. The fourth-order valence-electron chi connectivity index (χ4n) is 3.34. The number of aryl methyl sites for hydroxylation is 3. The van der Waals surface area contributed by atoms with E-state index in [0.29, 0.717) is 4.90 Å². The molecule has 0 aliphatic carbocycles. The Labute approximate surface area is 144 Å². The summed E-state index contributed by atoms with van der Waals surface area (Å²) in [6, 6.07) is 7.27.